The van der Waals surface area contributed by atoms with Crippen LogP contribution in [0, 0.1) is 0 Å². The minimum atomic E-state index is 0.367. The standard InChI is InChI=1S/C20H19N/c1-19-9-10-20(2,12-19)17-14-6-5-13-4-3-11-21-18(13)15(14)7-8-16(17)19/h3-8,11H,9-10,12H2,1-2H3. The molecule has 1 aromatic heterocycles. The van der Waals surface area contributed by atoms with Gasteiger partial charge in [0.25, 0.3) is 0 Å². The summed E-state index contributed by atoms with van der Waals surface area (Å²) in [7, 11) is 0. The van der Waals surface area contributed by atoms with Gasteiger partial charge in [-0.3, -0.25) is 4.98 Å². The lowest BCUT2D eigenvalue weighted by atomic mass is 9.76. The van der Waals surface area contributed by atoms with E-state index >= 15 is 0 Å². The minimum Gasteiger partial charge on any atom is -0.256 e. The van der Waals surface area contributed by atoms with Gasteiger partial charge in [0.05, 0.1) is 5.52 Å². The van der Waals surface area contributed by atoms with Gasteiger partial charge in [-0.25, -0.2) is 0 Å². The van der Waals surface area contributed by atoms with Crippen molar-refractivity contribution >= 4 is 21.7 Å². The summed E-state index contributed by atoms with van der Waals surface area (Å²) in [5.41, 5.74) is 5.12. The Hall–Kier alpha value is -1.89. The van der Waals surface area contributed by atoms with Crippen molar-refractivity contribution in [3.63, 3.8) is 0 Å². The molecule has 0 spiro atoms. The van der Waals surface area contributed by atoms with Gasteiger partial charge < -0.3 is 0 Å². The molecule has 0 radical (unpaired) electrons. The van der Waals surface area contributed by atoms with E-state index in [4.69, 9.17) is 0 Å². The van der Waals surface area contributed by atoms with Crippen LogP contribution >= 0.6 is 0 Å². The first kappa shape index (κ1) is 11.7. The van der Waals surface area contributed by atoms with Crippen molar-refractivity contribution in [2.45, 2.75) is 43.9 Å². The van der Waals surface area contributed by atoms with Gasteiger partial charge >= 0.3 is 0 Å². The molecule has 21 heavy (non-hydrogen) atoms. The first-order valence-corrected chi connectivity index (χ1v) is 7.92. The first-order valence-electron chi connectivity index (χ1n) is 7.92. The second-order valence-electron chi connectivity index (χ2n) is 7.52. The Morgan fingerprint density at radius 1 is 0.905 bits per heavy atom. The Morgan fingerprint density at radius 2 is 1.71 bits per heavy atom. The Labute approximate surface area is 125 Å². The average Bonchev–Trinajstić information content (AvgIpc) is 2.94. The lowest BCUT2D eigenvalue weighted by Gasteiger charge is -2.28. The fraction of sp³-hybridized carbons (Fsp3) is 0.350. The van der Waals surface area contributed by atoms with Crippen molar-refractivity contribution in [1.29, 1.82) is 0 Å². The van der Waals surface area contributed by atoms with Crippen LogP contribution in [0.4, 0.5) is 0 Å². The van der Waals surface area contributed by atoms with Crippen LogP contribution in [-0.4, -0.2) is 4.98 Å². The predicted octanol–water partition coefficient (Wildman–Crippen LogP) is 5.10. The van der Waals surface area contributed by atoms with E-state index in [1.165, 1.54) is 35.4 Å². The van der Waals surface area contributed by atoms with Gasteiger partial charge in [0.2, 0.25) is 0 Å². The fourth-order valence-corrected chi connectivity index (χ4v) is 5.14. The van der Waals surface area contributed by atoms with Crippen molar-refractivity contribution in [1.82, 2.24) is 4.98 Å². The Kier molecular flexibility index (Phi) is 1.94. The van der Waals surface area contributed by atoms with Gasteiger partial charge in [-0.05, 0) is 52.7 Å². The zero-order valence-corrected chi connectivity index (χ0v) is 12.6. The SMILES string of the molecule is CC12CCC(C)(C1)c1c2ccc2c1ccc1cccnc12. The minimum absolute atomic E-state index is 0.367. The summed E-state index contributed by atoms with van der Waals surface area (Å²) in [6.07, 6.45) is 5.89. The summed E-state index contributed by atoms with van der Waals surface area (Å²) in [6, 6.07) is 13.4. The average molecular weight is 273 g/mol. The molecular formula is C20H19N. The number of benzene rings is 2. The third kappa shape index (κ3) is 1.30. The zero-order chi connectivity index (χ0) is 14.2. The predicted molar refractivity (Wildman–Crippen MR) is 87.8 cm³/mol. The Balaban J connectivity index is 1.97. The molecule has 5 rings (SSSR count). The van der Waals surface area contributed by atoms with E-state index in [1.807, 2.05) is 12.3 Å². The highest BCUT2D eigenvalue weighted by Gasteiger charge is 2.53. The van der Waals surface area contributed by atoms with Crippen molar-refractivity contribution < 1.29 is 0 Å². The lowest BCUT2D eigenvalue weighted by molar-refractivity contribution is 0.485. The third-order valence-corrected chi connectivity index (χ3v) is 6.03. The molecule has 0 aliphatic heterocycles. The normalized spacial score (nSPS) is 30.2. The molecule has 1 heteroatoms. The van der Waals surface area contributed by atoms with E-state index in [0.29, 0.717) is 10.8 Å². The molecule has 2 aliphatic carbocycles. The molecular weight excluding hydrogens is 254 g/mol. The molecule has 0 saturated heterocycles. The van der Waals surface area contributed by atoms with E-state index in [2.05, 4.69) is 49.2 Å². The van der Waals surface area contributed by atoms with Crippen molar-refractivity contribution in [2.24, 2.45) is 0 Å². The van der Waals surface area contributed by atoms with E-state index in [1.54, 1.807) is 11.1 Å². The van der Waals surface area contributed by atoms with Crippen LogP contribution in [0.2, 0.25) is 0 Å². The van der Waals surface area contributed by atoms with Crippen molar-refractivity contribution in [3.8, 4) is 0 Å². The molecule has 0 N–H and O–H groups in total. The number of fused-ring (bicyclic) bond motifs is 9. The molecule has 2 aliphatic rings. The van der Waals surface area contributed by atoms with Crippen LogP contribution in [0.25, 0.3) is 21.7 Å². The third-order valence-electron chi connectivity index (χ3n) is 6.03. The largest absolute Gasteiger partial charge is 0.256 e. The van der Waals surface area contributed by atoms with E-state index < -0.39 is 0 Å². The number of hydrogen-bond acceptors (Lipinski definition) is 1. The van der Waals surface area contributed by atoms with Crippen molar-refractivity contribution in [3.05, 3.63) is 53.7 Å². The maximum absolute atomic E-state index is 4.64. The molecule has 2 unspecified atom stereocenters. The van der Waals surface area contributed by atoms with Gasteiger partial charge in [0.1, 0.15) is 0 Å². The monoisotopic (exact) mass is 273 g/mol. The zero-order valence-electron chi connectivity index (χ0n) is 12.6. The molecule has 1 saturated carbocycles. The molecule has 104 valence electrons. The van der Waals surface area contributed by atoms with Crippen molar-refractivity contribution in [2.75, 3.05) is 0 Å². The second kappa shape index (κ2) is 3.47. The van der Waals surface area contributed by atoms with Crippen LogP contribution in [-0.2, 0) is 10.8 Å². The summed E-state index contributed by atoms with van der Waals surface area (Å²) >= 11 is 0. The number of pyridine rings is 1. The number of hydrogen-bond donors (Lipinski definition) is 0. The van der Waals surface area contributed by atoms with Crippen LogP contribution in [0.1, 0.15) is 44.2 Å². The van der Waals surface area contributed by atoms with Gasteiger partial charge in [-0.2, -0.15) is 0 Å². The lowest BCUT2D eigenvalue weighted by Crippen LogP contribution is -2.18. The van der Waals surface area contributed by atoms with E-state index in [0.717, 1.165) is 5.52 Å². The van der Waals surface area contributed by atoms with Crippen LogP contribution in [0.5, 0.6) is 0 Å². The first-order chi connectivity index (χ1) is 10.1. The quantitative estimate of drug-likeness (QED) is 0.519. The molecule has 1 heterocycles. The summed E-state index contributed by atoms with van der Waals surface area (Å²) in [4.78, 5) is 4.64. The maximum atomic E-state index is 4.64. The van der Waals surface area contributed by atoms with Gasteiger partial charge in [0, 0.05) is 17.0 Å². The summed E-state index contributed by atoms with van der Waals surface area (Å²) in [5.74, 6) is 0. The van der Waals surface area contributed by atoms with E-state index in [9.17, 15) is 0 Å². The van der Waals surface area contributed by atoms with Gasteiger partial charge in [-0.15, -0.1) is 0 Å². The van der Waals surface area contributed by atoms with Gasteiger partial charge in [-0.1, -0.05) is 44.2 Å². The second-order valence-corrected chi connectivity index (χ2v) is 7.52. The number of aromatic nitrogens is 1. The highest BCUT2D eigenvalue weighted by Crippen LogP contribution is 2.61. The summed E-state index contributed by atoms with van der Waals surface area (Å²) in [6.45, 7) is 4.92. The summed E-state index contributed by atoms with van der Waals surface area (Å²) < 4.78 is 0. The van der Waals surface area contributed by atoms with Crippen LogP contribution < -0.4 is 0 Å². The number of rotatable bonds is 0. The summed E-state index contributed by atoms with van der Waals surface area (Å²) in [5, 5.41) is 4.00. The highest BCUT2D eigenvalue weighted by molar-refractivity contribution is 6.07. The molecule has 2 aromatic carbocycles. The van der Waals surface area contributed by atoms with Gasteiger partial charge in [0.15, 0.2) is 0 Å². The van der Waals surface area contributed by atoms with Crippen LogP contribution in [0.15, 0.2) is 42.6 Å². The smallest absolute Gasteiger partial charge is 0.0780 e. The maximum Gasteiger partial charge on any atom is 0.0780 e. The van der Waals surface area contributed by atoms with Crippen LogP contribution in [0.3, 0.4) is 0 Å². The Morgan fingerprint density at radius 3 is 2.62 bits per heavy atom. The molecule has 0 amide bonds. The molecule has 3 aromatic rings. The molecule has 1 nitrogen and oxygen atoms in total. The topological polar surface area (TPSA) is 12.9 Å². The molecule has 1 fully saturated rings. The molecule has 2 bridgehead atoms. The highest BCUT2D eigenvalue weighted by atomic mass is 14.7. The molecule has 2 atom stereocenters. The Bertz CT molecular complexity index is 910. The fourth-order valence-electron chi connectivity index (χ4n) is 5.14. The van der Waals surface area contributed by atoms with E-state index in [-0.39, 0.29) is 0 Å². The number of nitrogens with zero attached hydrogens (tertiary/aromatic N) is 1.